The van der Waals surface area contributed by atoms with Gasteiger partial charge in [0, 0.05) is 10.3 Å². The summed E-state index contributed by atoms with van der Waals surface area (Å²) in [4.78, 5) is 11.9. The Bertz CT molecular complexity index is 197. The summed E-state index contributed by atoms with van der Waals surface area (Å²) in [5.74, 6) is 1.08. The van der Waals surface area contributed by atoms with Gasteiger partial charge < -0.3 is 4.74 Å². The molecule has 1 aliphatic rings. The van der Waals surface area contributed by atoms with E-state index in [1.807, 2.05) is 6.92 Å². The van der Waals surface area contributed by atoms with E-state index >= 15 is 0 Å². The molecule has 13 heavy (non-hydrogen) atoms. The van der Waals surface area contributed by atoms with Gasteiger partial charge in [0.25, 0.3) is 0 Å². The maximum absolute atomic E-state index is 11.9. The minimum Gasteiger partial charge on any atom is -0.362 e. The molecule has 0 amide bonds. The van der Waals surface area contributed by atoms with E-state index in [9.17, 15) is 4.79 Å². The molecule has 1 saturated heterocycles. The Kier molecular flexibility index (Phi) is 3.74. The molecule has 0 spiro atoms. The average molecular weight is 296 g/mol. The second-order valence-electron chi connectivity index (χ2n) is 4.36. The van der Waals surface area contributed by atoms with Crippen molar-refractivity contribution in [2.45, 2.75) is 32.8 Å². The van der Waals surface area contributed by atoms with Gasteiger partial charge in [0.15, 0.2) is 5.78 Å². The van der Waals surface area contributed by atoms with Gasteiger partial charge in [-0.15, -0.1) is 0 Å². The first kappa shape index (κ1) is 11.4. The van der Waals surface area contributed by atoms with Crippen LogP contribution in [0.3, 0.4) is 0 Å². The van der Waals surface area contributed by atoms with E-state index in [2.05, 4.69) is 36.4 Å². The normalized spacial score (nSPS) is 29.0. The molecule has 1 fully saturated rings. The Morgan fingerprint density at radius 3 is 2.46 bits per heavy atom. The van der Waals surface area contributed by atoms with E-state index in [0.29, 0.717) is 18.3 Å². The molecule has 1 aliphatic heterocycles. The summed E-state index contributed by atoms with van der Waals surface area (Å²) in [7, 11) is 0. The Morgan fingerprint density at radius 2 is 2.15 bits per heavy atom. The van der Waals surface area contributed by atoms with Gasteiger partial charge in [-0.2, -0.15) is 0 Å². The van der Waals surface area contributed by atoms with E-state index in [4.69, 9.17) is 4.74 Å². The quantitative estimate of drug-likeness (QED) is 0.443. The fraction of sp³-hybridized carbons (Fsp3) is 0.900. The van der Waals surface area contributed by atoms with Crippen LogP contribution < -0.4 is 0 Å². The molecule has 0 aromatic heterocycles. The van der Waals surface area contributed by atoms with E-state index in [-0.39, 0.29) is 5.92 Å². The lowest BCUT2D eigenvalue weighted by molar-refractivity contribution is -0.127. The Hall–Kier alpha value is 0.360. The first-order valence-corrected chi connectivity index (χ1v) is 6.26. The zero-order valence-corrected chi connectivity index (χ0v) is 10.6. The highest BCUT2D eigenvalue weighted by Gasteiger charge is 2.49. The molecule has 2 atom stereocenters. The summed E-state index contributed by atoms with van der Waals surface area (Å²) in [5, 5.41) is 0. The van der Waals surface area contributed by atoms with Crippen LogP contribution in [0, 0.1) is 11.8 Å². The van der Waals surface area contributed by atoms with Crippen molar-refractivity contribution in [2.24, 2.45) is 11.8 Å². The highest BCUT2D eigenvalue weighted by atomic mass is 127. The smallest absolute Gasteiger partial charge is 0.170 e. The first-order chi connectivity index (χ1) is 5.99. The molecule has 1 unspecified atom stereocenters. The van der Waals surface area contributed by atoms with Gasteiger partial charge in [-0.05, 0) is 19.3 Å². The van der Waals surface area contributed by atoms with Crippen LogP contribution in [0.25, 0.3) is 0 Å². The second-order valence-corrected chi connectivity index (χ2v) is 5.25. The van der Waals surface area contributed by atoms with E-state index in [0.717, 1.165) is 10.8 Å². The van der Waals surface area contributed by atoms with Gasteiger partial charge in [-0.1, -0.05) is 36.4 Å². The standard InChI is InChI=1S/C10H17IO2/c1-7(2)4-8(5-11)9(12)10(3)6-13-10/h7-8H,4-6H2,1-3H3/t8-,10?/m1/s1. The molecule has 1 rings (SSSR count). The van der Waals surface area contributed by atoms with Gasteiger partial charge >= 0.3 is 0 Å². The Labute approximate surface area is 93.6 Å². The molecule has 2 nitrogen and oxygen atoms in total. The maximum atomic E-state index is 11.9. The predicted octanol–water partition coefficient (Wildman–Crippen LogP) is 2.44. The number of ether oxygens (including phenoxy) is 1. The number of rotatable bonds is 5. The van der Waals surface area contributed by atoms with Gasteiger partial charge in [-0.25, -0.2) is 0 Å². The average Bonchev–Trinajstić information content (AvgIpc) is 2.79. The molecular weight excluding hydrogens is 279 g/mol. The highest BCUT2D eigenvalue weighted by molar-refractivity contribution is 14.1. The predicted molar refractivity (Wildman–Crippen MR) is 61.2 cm³/mol. The van der Waals surface area contributed by atoms with Crippen LogP contribution in [0.1, 0.15) is 27.2 Å². The number of hydrogen-bond donors (Lipinski definition) is 0. The van der Waals surface area contributed by atoms with Gasteiger partial charge in [0.1, 0.15) is 5.60 Å². The van der Waals surface area contributed by atoms with Crippen LogP contribution in [0.15, 0.2) is 0 Å². The molecule has 0 saturated carbocycles. The Balaban J connectivity index is 2.51. The van der Waals surface area contributed by atoms with Crippen molar-refractivity contribution in [3.05, 3.63) is 0 Å². The summed E-state index contributed by atoms with van der Waals surface area (Å²) < 4.78 is 6.08. The number of Topliss-reactive ketones (excluding diaryl/α,β-unsaturated/α-hetero) is 1. The molecule has 0 N–H and O–H groups in total. The number of carbonyl (C=O) groups excluding carboxylic acids is 1. The van der Waals surface area contributed by atoms with Crippen LogP contribution in [0.2, 0.25) is 0 Å². The summed E-state index contributed by atoms with van der Waals surface area (Å²) in [6, 6.07) is 0. The third-order valence-electron chi connectivity index (χ3n) is 2.41. The molecular formula is C10H17IO2. The monoisotopic (exact) mass is 296 g/mol. The third kappa shape index (κ3) is 2.91. The fourth-order valence-electron chi connectivity index (χ4n) is 1.49. The summed E-state index contributed by atoms with van der Waals surface area (Å²) in [6.07, 6.45) is 0.987. The summed E-state index contributed by atoms with van der Waals surface area (Å²) in [6.45, 7) is 6.83. The summed E-state index contributed by atoms with van der Waals surface area (Å²) >= 11 is 2.29. The number of epoxide rings is 1. The number of alkyl halides is 1. The van der Waals surface area contributed by atoms with Crippen molar-refractivity contribution in [1.29, 1.82) is 0 Å². The van der Waals surface area contributed by atoms with Crippen LogP contribution in [0.5, 0.6) is 0 Å². The SMILES string of the molecule is CC(C)C[C@H](CI)C(=O)C1(C)CO1. The van der Waals surface area contributed by atoms with Gasteiger partial charge in [-0.3, -0.25) is 4.79 Å². The lowest BCUT2D eigenvalue weighted by Gasteiger charge is -2.17. The molecule has 76 valence electrons. The molecule has 0 aromatic carbocycles. The van der Waals surface area contributed by atoms with Crippen molar-refractivity contribution in [3.8, 4) is 0 Å². The molecule has 0 bridgehead atoms. The van der Waals surface area contributed by atoms with Crippen LogP contribution >= 0.6 is 22.6 Å². The van der Waals surface area contributed by atoms with E-state index < -0.39 is 5.60 Å². The van der Waals surface area contributed by atoms with Crippen molar-refractivity contribution in [2.75, 3.05) is 11.0 Å². The van der Waals surface area contributed by atoms with Crippen LogP contribution in [0.4, 0.5) is 0 Å². The van der Waals surface area contributed by atoms with Crippen LogP contribution in [-0.4, -0.2) is 22.4 Å². The number of hydrogen-bond acceptors (Lipinski definition) is 2. The molecule has 0 radical (unpaired) electrons. The first-order valence-electron chi connectivity index (χ1n) is 4.74. The van der Waals surface area contributed by atoms with E-state index in [1.165, 1.54) is 0 Å². The molecule has 0 aliphatic carbocycles. The molecule has 3 heteroatoms. The van der Waals surface area contributed by atoms with Crippen molar-refractivity contribution in [1.82, 2.24) is 0 Å². The largest absolute Gasteiger partial charge is 0.362 e. The number of halogens is 1. The highest BCUT2D eigenvalue weighted by Crippen LogP contribution is 2.32. The number of ketones is 1. The van der Waals surface area contributed by atoms with Gasteiger partial charge in [0.2, 0.25) is 0 Å². The van der Waals surface area contributed by atoms with Crippen molar-refractivity contribution < 1.29 is 9.53 Å². The van der Waals surface area contributed by atoms with Crippen LogP contribution in [-0.2, 0) is 9.53 Å². The van der Waals surface area contributed by atoms with Crippen molar-refractivity contribution in [3.63, 3.8) is 0 Å². The summed E-state index contributed by atoms with van der Waals surface area (Å²) in [5.41, 5.74) is -0.426. The maximum Gasteiger partial charge on any atom is 0.170 e. The molecule has 0 aromatic rings. The molecule has 1 heterocycles. The van der Waals surface area contributed by atoms with E-state index in [1.54, 1.807) is 0 Å². The number of carbonyl (C=O) groups is 1. The fourth-order valence-corrected chi connectivity index (χ4v) is 2.25. The Morgan fingerprint density at radius 1 is 1.62 bits per heavy atom. The third-order valence-corrected chi connectivity index (χ3v) is 3.47. The minimum absolute atomic E-state index is 0.188. The minimum atomic E-state index is -0.426. The topological polar surface area (TPSA) is 29.6 Å². The van der Waals surface area contributed by atoms with Crippen molar-refractivity contribution >= 4 is 28.4 Å². The second kappa shape index (κ2) is 4.26. The zero-order valence-electron chi connectivity index (χ0n) is 8.47. The zero-order chi connectivity index (χ0) is 10.1. The lowest BCUT2D eigenvalue weighted by atomic mass is 9.89. The lowest BCUT2D eigenvalue weighted by Crippen LogP contribution is -2.30. The van der Waals surface area contributed by atoms with Gasteiger partial charge in [0.05, 0.1) is 6.61 Å².